The van der Waals surface area contributed by atoms with Crippen molar-refractivity contribution in [3.63, 3.8) is 0 Å². The Kier molecular flexibility index (Phi) is 6.90. The van der Waals surface area contributed by atoms with E-state index in [4.69, 9.17) is 0 Å². The second kappa shape index (κ2) is 10.4. The summed E-state index contributed by atoms with van der Waals surface area (Å²) in [4.78, 5) is 24.5. The average molecular weight is 488 g/mol. The first-order valence-electron chi connectivity index (χ1n) is 12.3. The number of pyridine rings is 2. The van der Waals surface area contributed by atoms with E-state index in [-0.39, 0.29) is 17.8 Å². The number of anilines is 1. The summed E-state index contributed by atoms with van der Waals surface area (Å²) in [5, 5.41) is 11.8. The average Bonchev–Trinajstić information content (AvgIpc) is 3.33. The van der Waals surface area contributed by atoms with E-state index in [2.05, 4.69) is 37.6 Å². The molecule has 1 atom stereocenters. The topological polar surface area (TPSA) is 88.0 Å². The van der Waals surface area contributed by atoms with Gasteiger partial charge in [-0.15, -0.1) is 0 Å². The van der Waals surface area contributed by atoms with Crippen LogP contribution in [0.1, 0.15) is 48.1 Å². The number of carbonyl (C=O) groups is 1. The minimum absolute atomic E-state index is 0.180. The molecule has 0 bridgehead atoms. The van der Waals surface area contributed by atoms with Crippen molar-refractivity contribution >= 4 is 22.6 Å². The van der Waals surface area contributed by atoms with E-state index in [9.17, 15) is 9.18 Å². The number of rotatable bonds is 7. The Hall–Kier alpha value is -3.85. The molecule has 36 heavy (non-hydrogen) atoms. The Labute approximate surface area is 209 Å². The molecule has 0 unspecified atom stereocenters. The number of halogens is 1. The number of fused-ring (bicyclic) bond motifs is 1. The Morgan fingerprint density at radius 2 is 1.92 bits per heavy atom. The van der Waals surface area contributed by atoms with E-state index in [1.54, 1.807) is 41.6 Å². The Morgan fingerprint density at radius 3 is 2.67 bits per heavy atom. The predicted octanol–water partition coefficient (Wildman–Crippen LogP) is 4.34. The molecule has 1 aromatic carbocycles. The van der Waals surface area contributed by atoms with Crippen molar-refractivity contribution in [1.82, 2.24) is 30.0 Å². The van der Waals surface area contributed by atoms with E-state index in [0.29, 0.717) is 28.2 Å². The van der Waals surface area contributed by atoms with Gasteiger partial charge in [0.05, 0.1) is 35.2 Å². The van der Waals surface area contributed by atoms with Crippen LogP contribution in [-0.4, -0.2) is 56.7 Å². The van der Waals surface area contributed by atoms with Crippen LogP contribution in [0.5, 0.6) is 0 Å². The van der Waals surface area contributed by atoms with Crippen molar-refractivity contribution in [3.8, 4) is 5.69 Å². The van der Waals surface area contributed by atoms with Gasteiger partial charge >= 0.3 is 0 Å². The molecule has 0 spiro atoms. The molecular formula is C27H30FN7O. The van der Waals surface area contributed by atoms with Crippen molar-refractivity contribution in [2.75, 3.05) is 25.5 Å². The molecule has 4 heterocycles. The van der Waals surface area contributed by atoms with Crippen molar-refractivity contribution < 1.29 is 9.18 Å². The van der Waals surface area contributed by atoms with Gasteiger partial charge in [0.1, 0.15) is 11.6 Å². The van der Waals surface area contributed by atoms with Crippen molar-refractivity contribution in [1.29, 1.82) is 0 Å². The molecule has 3 aromatic heterocycles. The van der Waals surface area contributed by atoms with Gasteiger partial charge in [-0.2, -0.15) is 5.10 Å². The van der Waals surface area contributed by atoms with E-state index in [0.717, 1.165) is 43.7 Å². The van der Waals surface area contributed by atoms with E-state index >= 15 is 0 Å². The molecule has 1 amide bonds. The van der Waals surface area contributed by atoms with Gasteiger partial charge in [0, 0.05) is 23.8 Å². The SMILES string of the molecule is CC[C@H](NC(=O)c1cncc2c1cnn2-c1ccc(F)cc1)c1ccnc(NC2CCN(C)CC2)c1. The molecule has 1 aliphatic heterocycles. The third kappa shape index (κ3) is 5.06. The minimum Gasteiger partial charge on any atom is -0.367 e. The van der Waals surface area contributed by atoms with Crippen molar-refractivity contribution in [2.45, 2.75) is 38.3 Å². The van der Waals surface area contributed by atoms with Crippen LogP contribution in [-0.2, 0) is 0 Å². The van der Waals surface area contributed by atoms with Crippen LogP contribution >= 0.6 is 0 Å². The molecule has 2 N–H and O–H groups in total. The molecule has 0 aliphatic carbocycles. The third-order valence-electron chi connectivity index (χ3n) is 6.78. The standard InChI is InChI=1S/C27H30FN7O/c1-3-24(18-8-11-30-26(14-18)32-20-9-12-34(2)13-10-20)33-27(36)23-15-29-17-25-22(23)16-31-35(25)21-6-4-19(28)5-7-21/h4-8,11,14-17,20,24H,3,9-10,12-13H2,1-2H3,(H,30,32)(H,33,36)/t24-/m0/s1. The number of aromatic nitrogens is 4. The third-order valence-corrected chi connectivity index (χ3v) is 6.78. The molecule has 1 fully saturated rings. The molecule has 5 rings (SSSR count). The fourth-order valence-corrected chi connectivity index (χ4v) is 4.67. The highest BCUT2D eigenvalue weighted by molar-refractivity contribution is 6.06. The lowest BCUT2D eigenvalue weighted by molar-refractivity contribution is 0.0937. The summed E-state index contributed by atoms with van der Waals surface area (Å²) in [5.41, 5.74) is 2.81. The van der Waals surface area contributed by atoms with Gasteiger partial charge in [0.15, 0.2) is 0 Å². The zero-order chi connectivity index (χ0) is 25.1. The molecule has 0 saturated carbocycles. The number of likely N-dealkylation sites (tertiary alicyclic amines) is 1. The summed E-state index contributed by atoms with van der Waals surface area (Å²) in [6, 6.07) is 10.2. The number of amides is 1. The second-order valence-electron chi connectivity index (χ2n) is 9.28. The lowest BCUT2D eigenvalue weighted by Gasteiger charge is -2.30. The lowest BCUT2D eigenvalue weighted by atomic mass is 10.0. The molecule has 8 nitrogen and oxygen atoms in total. The smallest absolute Gasteiger partial charge is 0.254 e. The normalized spacial score (nSPS) is 15.6. The van der Waals surface area contributed by atoms with Crippen molar-refractivity contribution in [2.24, 2.45) is 0 Å². The lowest BCUT2D eigenvalue weighted by Crippen LogP contribution is -2.37. The Morgan fingerprint density at radius 1 is 1.14 bits per heavy atom. The molecule has 186 valence electrons. The zero-order valence-corrected chi connectivity index (χ0v) is 20.5. The summed E-state index contributed by atoms with van der Waals surface area (Å²) in [6.45, 7) is 4.19. The quantitative estimate of drug-likeness (QED) is 0.403. The first-order valence-corrected chi connectivity index (χ1v) is 12.3. The number of piperidine rings is 1. The Balaban J connectivity index is 1.34. The number of nitrogens with one attached hydrogen (secondary N) is 2. The molecule has 0 radical (unpaired) electrons. The second-order valence-corrected chi connectivity index (χ2v) is 9.28. The van der Waals surface area contributed by atoms with Gasteiger partial charge in [-0.05, 0) is 81.4 Å². The number of hydrogen-bond donors (Lipinski definition) is 2. The highest BCUT2D eigenvalue weighted by atomic mass is 19.1. The maximum Gasteiger partial charge on any atom is 0.254 e. The highest BCUT2D eigenvalue weighted by Gasteiger charge is 2.20. The van der Waals surface area contributed by atoms with Crippen LogP contribution in [0.3, 0.4) is 0 Å². The van der Waals surface area contributed by atoms with Crippen LogP contribution in [0, 0.1) is 5.82 Å². The molecule has 4 aromatic rings. The zero-order valence-electron chi connectivity index (χ0n) is 20.5. The van der Waals surface area contributed by atoms with Crippen LogP contribution in [0.25, 0.3) is 16.6 Å². The summed E-state index contributed by atoms with van der Waals surface area (Å²) in [5.74, 6) is 0.291. The van der Waals surface area contributed by atoms with Gasteiger partial charge in [-0.1, -0.05) is 6.92 Å². The van der Waals surface area contributed by atoms with Crippen LogP contribution in [0.2, 0.25) is 0 Å². The highest BCUT2D eigenvalue weighted by Crippen LogP contribution is 2.24. The van der Waals surface area contributed by atoms with Gasteiger partial charge in [0.2, 0.25) is 0 Å². The van der Waals surface area contributed by atoms with Crippen molar-refractivity contribution in [3.05, 3.63) is 78.1 Å². The Bertz CT molecular complexity index is 1350. The summed E-state index contributed by atoms with van der Waals surface area (Å²) in [7, 11) is 2.15. The fourth-order valence-electron chi connectivity index (χ4n) is 4.67. The van der Waals surface area contributed by atoms with E-state index in [1.165, 1.54) is 12.1 Å². The number of nitrogens with zero attached hydrogens (tertiary/aromatic N) is 5. The molecular weight excluding hydrogens is 457 g/mol. The summed E-state index contributed by atoms with van der Waals surface area (Å²) in [6.07, 6.45) is 9.53. The summed E-state index contributed by atoms with van der Waals surface area (Å²) >= 11 is 0. The van der Waals surface area contributed by atoms with Gasteiger partial charge in [-0.3, -0.25) is 9.78 Å². The van der Waals surface area contributed by atoms with E-state index < -0.39 is 0 Å². The monoisotopic (exact) mass is 487 g/mol. The largest absolute Gasteiger partial charge is 0.367 e. The van der Waals surface area contributed by atoms with Gasteiger partial charge in [0.25, 0.3) is 5.91 Å². The minimum atomic E-state index is -0.320. The fraction of sp³-hybridized carbons (Fsp3) is 0.333. The van der Waals surface area contributed by atoms with E-state index in [1.807, 2.05) is 19.1 Å². The number of hydrogen-bond acceptors (Lipinski definition) is 6. The van der Waals surface area contributed by atoms with Crippen LogP contribution in [0.4, 0.5) is 10.2 Å². The summed E-state index contributed by atoms with van der Waals surface area (Å²) < 4.78 is 15.0. The number of carbonyl (C=O) groups excluding carboxylic acids is 1. The first-order chi connectivity index (χ1) is 17.5. The molecule has 1 saturated heterocycles. The maximum absolute atomic E-state index is 13.4. The van der Waals surface area contributed by atoms with Crippen LogP contribution < -0.4 is 10.6 Å². The van der Waals surface area contributed by atoms with Gasteiger partial charge < -0.3 is 15.5 Å². The van der Waals surface area contributed by atoms with Crippen LogP contribution in [0.15, 0.2) is 61.2 Å². The molecule has 1 aliphatic rings. The number of benzene rings is 1. The molecule has 9 heteroatoms. The van der Waals surface area contributed by atoms with Gasteiger partial charge in [-0.25, -0.2) is 14.1 Å². The first kappa shape index (κ1) is 23.9. The maximum atomic E-state index is 13.4. The predicted molar refractivity (Wildman–Crippen MR) is 138 cm³/mol.